The molecule has 24 rings (SSSR count). The number of rotatable bonds is 4. The summed E-state index contributed by atoms with van der Waals surface area (Å²) in [6.45, 7) is -0.159. The molecule has 0 spiro atoms. The Morgan fingerprint density at radius 1 is 0.240 bits per heavy atom. The van der Waals surface area contributed by atoms with Crippen LogP contribution in [0.1, 0.15) is 95.9 Å². The van der Waals surface area contributed by atoms with Crippen LogP contribution in [-0.2, 0) is 51.4 Å². The van der Waals surface area contributed by atoms with Crippen molar-refractivity contribution in [2.24, 2.45) is 0 Å². The van der Waals surface area contributed by atoms with Crippen LogP contribution in [0.2, 0.25) is 0 Å². The zero-order chi connectivity index (χ0) is 61.9. The second kappa shape index (κ2) is 18.8. The molecule has 4 aliphatic heterocycles. The summed E-state index contributed by atoms with van der Waals surface area (Å²) in [5, 5.41) is 8.05. The zero-order valence-corrected chi connectivity index (χ0v) is 53.9. The molecule has 0 radical (unpaired) electrons. The Hall–Kier alpha value is -10.3. The Balaban J connectivity index is 0.778. The maximum absolute atomic E-state index is 2.86. The minimum atomic E-state index is -0.0797. The van der Waals surface area contributed by atoms with Gasteiger partial charge in [0.2, 0.25) is 0 Å². The van der Waals surface area contributed by atoms with E-state index in [0.29, 0.717) is 0 Å². The van der Waals surface area contributed by atoms with E-state index >= 15 is 0 Å². The molecule has 96 heavy (non-hydrogen) atoms. The summed E-state index contributed by atoms with van der Waals surface area (Å²) in [6.07, 6.45) is 19.5. The Kier molecular flexibility index (Phi) is 10.2. The van der Waals surface area contributed by atoms with Gasteiger partial charge in [-0.15, -0.1) is 0 Å². The summed E-state index contributed by atoms with van der Waals surface area (Å²) in [6, 6.07) is 83.8. The van der Waals surface area contributed by atoms with E-state index in [1.165, 1.54) is 298 Å². The third-order valence-electron chi connectivity index (χ3n) is 25.2. The molecule has 0 fully saturated rings. The molecule has 16 aromatic rings. The van der Waals surface area contributed by atoms with Gasteiger partial charge in [0, 0.05) is 65.9 Å². The molecule has 0 bridgehead atoms. The van der Waals surface area contributed by atoms with E-state index in [4.69, 9.17) is 0 Å². The molecule has 4 aromatic heterocycles. The van der Waals surface area contributed by atoms with Gasteiger partial charge in [0.15, 0.2) is 0 Å². The molecule has 0 saturated heterocycles. The Bertz CT molecular complexity index is 5930. The van der Waals surface area contributed by atoms with E-state index in [1.807, 2.05) is 0 Å². The molecule has 4 aliphatic carbocycles. The molecule has 12 aromatic carbocycles. The summed E-state index contributed by atoms with van der Waals surface area (Å²) in [5.41, 5.74) is 46.9. The van der Waals surface area contributed by atoms with Crippen LogP contribution in [0.25, 0.3) is 155 Å². The normalized spacial score (nSPS) is 15.8. The van der Waals surface area contributed by atoms with E-state index in [1.54, 1.807) is 0 Å². The molecule has 0 unspecified atom stereocenters. The number of fused-ring (bicyclic) bond motifs is 25. The van der Waals surface area contributed by atoms with Gasteiger partial charge < -0.3 is 18.1 Å². The second-order valence-corrected chi connectivity index (χ2v) is 29.9. The highest BCUT2D eigenvalue weighted by atomic mass is 15.1. The van der Waals surface area contributed by atoms with Gasteiger partial charge in [-0.2, -0.15) is 0 Å². The number of nitrogens with zero attached hydrogens (tertiary/aromatic N) is 4. The number of aryl methyl sites for hydroxylation is 8. The number of hydrogen-bond acceptors (Lipinski definition) is 0. The molecule has 0 saturated carbocycles. The third kappa shape index (κ3) is 6.64. The van der Waals surface area contributed by atoms with Crippen molar-refractivity contribution in [3.63, 3.8) is 0 Å². The van der Waals surface area contributed by atoms with Crippen molar-refractivity contribution in [3.05, 3.63) is 251 Å². The van der Waals surface area contributed by atoms with E-state index in [2.05, 4.69) is 224 Å². The van der Waals surface area contributed by atoms with Gasteiger partial charge in [0.25, 0.3) is 0 Å². The summed E-state index contributed by atoms with van der Waals surface area (Å²) >= 11 is 0. The lowest BCUT2D eigenvalue weighted by Gasteiger charge is -2.34. The molecule has 452 valence electrons. The predicted molar refractivity (Wildman–Crippen MR) is 404 cm³/mol. The van der Waals surface area contributed by atoms with Crippen LogP contribution in [0.4, 0.5) is 0 Å². The third-order valence-corrected chi connectivity index (χ3v) is 25.2. The Labute approximate surface area is 558 Å². The fraction of sp³-hybridized carbons (Fsp3) is 0.178. The summed E-state index contributed by atoms with van der Waals surface area (Å²) in [4.78, 5) is 0. The summed E-state index contributed by atoms with van der Waals surface area (Å²) in [5.74, 6) is 0. The fourth-order valence-electron chi connectivity index (χ4n) is 21.1. The lowest BCUT2D eigenvalue weighted by molar-refractivity contribution is 0.686. The number of hydrogen-bond donors (Lipinski definition) is 0. The van der Waals surface area contributed by atoms with Gasteiger partial charge >= 0.3 is 13.7 Å². The standard InChI is InChI=1S/C90H66B2N4/c1-5-19-55-43-59(35-31-51(55)15-1)63-47-73(61-37-33-53-17-3-7-21-57(53)45-61)81-69-41-39-65-67-23-13-25-71-85(67)95(91-75-27-9-11-29-77(75)93(79(81)49-63)87(69)83(65)91)89-72-26-14-24-68-66-40-42-70-82-74(62-38-34-54-18-4-8-22-58(54)46-62)48-64(60-36-32-52-16-2-6-20-56(52)44-60)50-80(82)94-78-30-12-10-28-76(78)92(84(66)88(70)94)96(86(68)72)90(71)89/h9-14,23-50H,1-8,15-22H2. The first-order valence-corrected chi connectivity index (χ1v) is 36.2. The second-order valence-electron chi connectivity index (χ2n) is 29.9. The molecule has 0 atom stereocenters. The van der Waals surface area contributed by atoms with Gasteiger partial charge in [-0.1, -0.05) is 170 Å². The number of benzene rings is 12. The first-order valence-electron chi connectivity index (χ1n) is 36.2. The fourth-order valence-corrected chi connectivity index (χ4v) is 21.1. The molecule has 8 heterocycles. The van der Waals surface area contributed by atoms with Crippen molar-refractivity contribution in [3.8, 4) is 78.1 Å². The van der Waals surface area contributed by atoms with Crippen molar-refractivity contribution < 1.29 is 0 Å². The smallest absolute Gasteiger partial charge is 0.333 e. The highest BCUT2D eigenvalue weighted by molar-refractivity contribution is 6.92. The van der Waals surface area contributed by atoms with Crippen LogP contribution in [0.5, 0.6) is 0 Å². The van der Waals surface area contributed by atoms with Crippen LogP contribution in [-0.4, -0.2) is 31.8 Å². The minimum absolute atomic E-state index is 0.0797. The SMILES string of the molecule is c1ccc2c(c1)B1c3c(ccc4c5c(-c6ccc7c(c6)CCCC7)cc(-c6ccc7c(c6)CCCC7)cc5n-2c34)-c2cccc3c2n1c1c2cccc4c2n(c31)B1c2ccccc2-n2c3cc(-c5ccc6c(c5)CCCC6)cc(-c5ccc6c(c5)CCCC6)c3c3ccc-4c1c32. The van der Waals surface area contributed by atoms with E-state index in [-0.39, 0.29) is 13.7 Å². The summed E-state index contributed by atoms with van der Waals surface area (Å²) in [7, 11) is 0. The monoisotopic (exact) mass is 1220 g/mol. The molecular weight excluding hydrogens is 1160 g/mol. The maximum atomic E-state index is 2.86. The topological polar surface area (TPSA) is 19.7 Å². The molecule has 8 aliphatic rings. The highest BCUT2D eigenvalue weighted by Crippen LogP contribution is 2.53. The van der Waals surface area contributed by atoms with Crippen molar-refractivity contribution in [1.82, 2.24) is 18.1 Å². The molecule has 0 N–H and O–H groups in total. The van der Waals surface area contributed by atoms with Gasteiger partial charge in [-0.05, 0) is 261 Å². The largest absolute Gasteiger partial charge is 0.374 e. The van der Waals surface area contributed by atoms with Gasteiger partial charge in [0.05, 0.1) is 33.1 Å². The van der Waals surface area contributed by atoms with Crippen molar-refractivity contribution in [1.29, 1.82) is 0 Å². The lowest BCUT2D eigenvalue weighted by atomic mass is 9.45. The first kappa shape index (κ1) is 52.0. The van der Waals surface area contributed by atoms with Gasteiger partial charge in [-0.3, -0.25) is 0 Å². The highest BCUT2D eigenvalue weighted by Gasteiger charge is 2.47. The quantitative estimate of drug-likeness (QED) is 0.157. The zero-order valence-electron chi connectivity index (χ0n) is 53.9. The average molecular weight is 1230 g/mol. The van der Waals surface area contributed by atoms with E-state index in [0.717, 1.165) is 25.7 Å². The number of para-hydroxylation sites is 4. The van der Waals surface area contributed by atoms with E-state index in [9.17, 15) is 0 Å². The maximum Gasteiger partial charge on any atom is 0.333 e. The summed E-state index contributed by atoms with van der Waals surface area (Å²) < 4.78 is 11.1. The molecular formula is C90H66B2N4. The first-order chi connectivity index (χ1) is 47.6. The Morgan fingerprint density at radius 3 is 1.03 bits per heavy atom. The number of aromatic nitrogens is 4. The van der Waals surface area contributed by atoms with Crippen LogP contribution >= 0.6 is 0 Å². The van der Waals surface area contributed by atoms with Crippen LogP contribution in [0.3, 0.4) is 0 Å². The average Bonchev–Trinajstić information content (AvgIpc) is 1.59. The van der Waals surface area contributed by atoms with Crippen molar-refractivity contribution in [2.45, 2.75) is 103 Å². The van der Waals surface area contributed by atoms with Gasteiger partial charge in [-0.25, -0.2) is 0 Å². The van der Waals surface area contributed by atoms with E-state index < -0.39 is 0 Å². The Morgan fingerprint density at radius 2 is 0.615 bits per heavy atom. The molecule has 4 nitrogen and oxygen atoms in total. The molecule has 0 amide bonds. The molecule has 6 heteroatoms. The van der Waals surface area contributed by atoms with Crippen molar-refractivity contribution in [2.75, 3.05) is 0 Å². The van der Waals surface area contributed by atoms with Crippen LogP contribution in [0, 0.1) is 0 Å². The predicted octanol–water partition coefficient (Wildman–Crippen LogP) is 19.0. The van der Waals surface area contributed by atoms with Crippen LogP contribution < -0.4 is 21.9 Å². The minimum Gasteiger partial charge on any atom is -0.374 e. The van der Waals surface area contributed by atoms with Crippen molar-refractivity contribution >= 4 is 112 Å². The van der Waals surface area contributed by atoms with Crippen LogP contribution in [0.15, 0.2) is 206 Å². The van der Waals surface area contributed by atoms with Gasteiger partial charge in [0.1, 0.15) is 0 Å². The lowest BCUT2D eigenvalue weighted by Crippen LogP contribution is -2.55.